The molecule has 0 aromatic carbocycles. The van der Waals surface area contributed by atoms with E-state index in [4.69, 9.17) is 4.74 Å². The molecule has 0 aromatic rings. The van der Waals surface area contributed by atoms with Crippen LogP contribution in [-0.4, -0.2) is 13.2 Å². The summed E-state index contributed by atoms with van der Waals surface area (Å²) >= 11 is 0. The summed E-state index contributed by atoms with van der Waals surface area (Å²) in [6.07, 6.45) is 14.9. The van der Waals surface area contributed by atoms with E-state index in [-0.39, 0.29) is 0 Å². The molecular formula is C15H32O. The van der Waals surface area contributed by atoms with E-state index in [1.54, 1.807) is 0 Å². The third-order valence-corrected chi connectivity index (χ3v) is 3.03. The molecule has 0 saturated carbocycles. The largest absolute Gasteiger partial charge is 0.381 e. The molecule has 98 valence electrons. The van der Waals surface area contributed by atoms with Crippen LogP contribution in [0.5, 0.6) is 0 Å². The van der Waals surface area contributed by atoms with Gasteiger partial charge in [0.2, 0.25) is 0 Å². The second kappa shape index (κ2) is 15.0. The van der Waals surface area contributed by atoms with Gasteiger partial charge in [0.05, 0.1) is 0 Å². The standard InChI is InChI=1S/C15H32O/c1-3-5-7-8-9-10-11-13-15-16-14-12-6-4-2/h3-15H2,1-2H3. The highest BCUT2D eigenvalue weighted by Gasteiger charge is 1.92. The molecule has 1 heteroatoms. The average molecular weight is 228 g/mol. The SMILES string of the molecule is CCCCCCCCCCOCCCCC. The normalized spacial score (nSPS) is 10.9. The maximum absolute atomic E-state index is 5.58. The van der Waals surface area contributed by atoms with E-state index in [0.717, 1.165) is 13.2 Å². The zero-order chi connectivity index (χ0) is 11.9. The monoisotopic (exact) mass is 228 g/mol. The van der Waals surface area contributed by atoms with Crippen LogP contribution in [0.2, 0.25) is 0 Å². The van der Waals surface area contributed by atoms with Crippen LogP contribution in [0.15, 0.2) is 0 Å². The van der Waals surface area contributed by atoms with E-state index < -0.39 is 0 Å². The first-order valence-electron chi connectivity index (χ1n) is 7.49. The lowest BCUT2D eigenvalue weighted by Crippen LogP contribution is -1.96. The molecule has 0 aliphatic rings. The van der Waals surface area contributed by atoms with Crippen molar-refractivity contribution >= 4 is 0 Å². The van der Waals surface area contributed by atoms with Crippen molar-refractivity contribution in [1.82, 2.24) is 0 Å². The summed E-state index contributed by atoms with van der Waals surface area (Å²) in [6, 6.07) is 0. The summed E-state index contributed by atoms with van der Waals surface area (Å²) in [4.78, 5) is 0. The van der Waals surface area contributed by atoms with Crippen LogP contribution in [-0.2, 0) is 4.74 Å². The molecule has 0 saturated heterocycles. The first-order chi connectivity index (χ1) is 7.91. The highest BCUT2D eigenvalue weighted by atomic mass is 16.5. The molecule has 0 aliphatic heterocycles. The van der Waals surface area contributed by atoms with Crippen LogP contribution in [0.3, 0.4) is 0 Å². The zero-order valence-electron chi connectivity index (χ0n) is 11.6. The van der Waals surface area contributed by atoms with Gasteiger partial charge in [0.25, 0.3) is 0 Å². The van der Waals surface area contributed by atoms with Gasteiger partial charge in [-0.2, -0.15) is 0 Å². The van der Waals surface area contributed by atoms with Gasteiger partial charge >= 0.3 is 0 Å². The molecule has 0 aliphatic carbocycles. The van der Waals surface area contributed by atoms with Gasteiger partial charge in [-0.15, -0.1) is 0 Å². The first-order valence-corrected chi connectivity index (χ1v) is 7.49. The number of rotatable bonds is 13. The Labute approximate surface area is 103 Å². The molecule has 0 bridgehead atoms. The molecule has 0 atom stereocenters. The molecule has 1 nitrogen and oxygen atoms in total. The van der Waals surface area contributed by atoms with E-state index in [1.165, 1.54) is 70.6 Å². The molecule has 0 fully saturated rings. The van der Waals surface area contributed by atoms with Gasteiger partial charge in [-0.1, -0.05) is 71.6 Å². The minimum Gasteiger partial charge on any atom is -0.381 e. The molecule has 0 heterocycles. The van der Waals surface area contributed by atoms with Crippen molar-refractivity contribution < 1.29 is 4.74 Å². The van der Waals surface area contributed by atoms with Gasteiger partial charge in [-0.3, -0.25) is 0 Å². The number of unbranched alkanes of at least 4 members (excludes halogenated alkanes) is 9. The van der Waals surface area contributed by atoms with Crippen molar-refractivity contribution in [3.8, 4) is 0 Å². The number of ether oxygens (including phenoxy) is 1. The van der Waals surface area contributed by atoms with Crippen molar-refractivity contribution in [3.05, 3.63) is 0 Å². The van der Waals surface area contributed by atoms with Crippen LogP contribution in [0.1, 0.15) is 84.5 Å². The van der Waals surface area contributed by atoms with Crippen LogP contribution in [0.25, 0.3) is 0 Å². The fourth-order valence-electron chi connectivity index (χ4n) is 1.89. The lowest BCUT2D eigenvalue weighted by atomic mass is 10.1. The van der Waals surface area contributed by atoms with Gasteiger partial charge in [0.1, 0.15) is 0 Å². The van der Waals surface area contributed by atoms with Gasteiger partial charge in [0.15, 0.2) is 0 Å². The Balaban J connectivity index is 2.83. The van der Waals surface area contributed by atoms with Gasteiger partial charge in [-0.25, -0.2) is 0 Å². The molecule has 0 amide bonds. The van der Waals surface area contributed by atoms with Crippen molar-refractivity contribution in [2.45, 2.75) is 84.5 Å². The van der Waals surface area contributed by atoms with Crippen LogP contribution < -0.4 is 0 Å². The zero-order valence-corrected chi connectivity index (χ0v) is 11.6. The maximum Gasteiger partial charge on any atom is 0.0466 e. The molecule has 0 spiro atoms. The molecular weight excluding hydrogens is 196 g/mol. The Morgan fingerprint density at radius 2 is 0.875 bits per heavy atom. The summed E-state index contributed by atoms with van der Waals surface area (Å²) in [7, 11) is 0. The first kappa shape index (κ1) is 16.0. The van der Waals surface area contributed by atoms with Crippen LogP contribution in [0, 0.1) is 0 Å². The number of hydrogen-bond acceptors (Lipinski definition) is 1. The minimum atomic E-state index is 0.977. The quantitative estimate of drug-likeness (QED) is 0.387. The van der Waals surface area contributed by atoms with Gasteiger partial charge < -0.3 is 4.74 Å². The Morgan fingerprint density at radius 1 is 0.500 bits per heavy atom. The van der Waals surface area contributed by atoms with Crippen molar-refractivity contribution in [3.63, 3.8) is 0 Å². The molecule has 0 unspecified atom stereocenters. The summed E-state index contributed by atoms with van der Waals surface area (Å²) in [5.74, 6) is 0. The smallest absolute Gasteiger partial charge is 0.0466 e. The second-order valence-electron chi connectivity index (χ2n) is 4.79. The molecule has 0 aromatic heterocycles. The van der Waals surface area contributed by atoms with Crippen LogP contribution >= 0.6 is 0 Å². The third-order valence-electron chi connectivity index (χ3n) is 3.03. The summed E-state index contributed by atoms with van der Waals surface area (Å²) in [5, 5.41) is 0. The van der Waals surface area contributed by atoms with E-state index in [2.05, 4.69) is 13.8 Å². The topological polar surface area (TPSA) is 9.23 Å². The van der Waals surface area contributed by atoms with Gasteiger partial charge in [0, 0.05) is 13.2 Å². The molecule has 0 N–H and O–H groups in total. The fraction of sp³-hybridized carbons (Fsp3) is 1.00. The fourth-order valence-corrected chi connectivity index (χ4v) is 1.89. The lowest BCUT2D eigenvalue weighted by Gasteiger charge is -2.04. The molecule has 0 rings (SSSR count). The van der Waals surface area contributed by atoms with Crippen molar-refractivity contribution in [2.24, 2.45) is 0 Å². The van der Waals surface area contributed by atoms with Crippen LogP contribution in [0.4, 0.5) is 0 Å². The van der Waals surface area contributed by atoms with E-state index in [0.29, 0.717) is 0 Å². The predicted octanol–water partition coefficient (Wildman–Crippen LogP) is 5.33. The highest BCUT2D eigenvalue weighted by molar-refractivity contribution is 4.46. The Hall–Kier alpha value is -0.0400. The van der Waals surface area contributed by atoms with E-state index in [1.807, 2.05) is 0 Å². The summed E-state index contributed by atoms with van der Waals surface area (Å²) in [5.41, 5.74) is 0. The summed E-state index contributed by atoms with van der Waals surface area (Å²) in [6.45, 7) is 6.47. The van der Waals surface area contributed by atoms with E-state index in [9.17, 15) is 0 Å². The van der Waals surface area contributed by atoms with Crippen molar-refractivity contribution in [2.75, 3.05) is 13.2 Å². The third kappa shape index (κ3) is 14.0. The van der Waals surface area contributed by atoms with E-state index >= 15 is 0 Å². The Bertz CT molecular complexity index is 98.0. The summed E-state index contributed by atoms with van der Waals surface area (Å²) < 4.78 is 5.58. The number of hydrogen-bond donors (Lipinski definition) is 0. The molecule has 16 heavy (non-hydrogen) atoms. The Kier molecular flexibility index (Phi) is 14.9. The predicted molar refractivity (Wildman–Crippen MR) is 73.0 cm³/mol. The van der Waals surface area contributed by atoms with Crippen molar-refractivity contribution in [1.29, 1.82) is 0 Å². The Morgan fingerprint density at radius 3 is 1.44 bits per heavy atom. The maximum atomic E-state index is 5.58. The second-order valence-corrected chi connectivity index (χ2v) is 4.79. The lowest BCUT2D eigenvalue weighted by molar-refractivity contribution is 0.126. The average Bonchev–Trinajstić information content (AvgIpc) is 2.31. The minimum absolute atomic E-state index is 0.977. The molecule has 0 radical (unpaired) electrons. The highest BCUT2D eigenvalue weighted by Crippen LogP contribution is 2.08. The van der Waals surface area contributed by atoms with Gasteiger partial charge in [-0.05, 0) is 12.8 Å².